The fourth-order valence-electron chi connectivity index (χ4n) is 2.01. The Kier molecular flexibility index (Phi) is 5.82. The van der Waals surface area contributed by atoms with Gasteiger partial charge in [-0.15, -0.1) is 0 Å². The van der Waals surface area contributed by atoms with E-state index in [-0.39, 0.29) is 6.04 Å². The van der Waals surface area contributed by atoms with Crippen molar-refractivity contribution in [1.29, 1.82) is 0 Å². The fourth-order valence-corrected chi connectivity index (χ4v) is 3.56. The van der Waals surface area contributed by atoms with Gasteiger partial charge in [0.2, 0.25) is 0 Å². The summed E-state index contributed by atoms with van der Waals surface area (Å²) in [5.41, 5.74) is 2.44. The first-order chi connectivity index (χ1) is 9.74. The SMILES string of the molecule is CCNC(CSc1ncns1)c1cc(C)ccc1OC. The van der Waals surface area contributed by atoms with Gasteiger partial charge in [0, 0.05) is 17.4 Å². The number of nitrogens with zero attached hydrogens (tertiary/aromatic N) is 2. The first-order valence-corrected chi connectivity index (χ1v) is 8.28. The van der Waals surface area contributed by atoms with Crippen molar-refractivity contribution in [2.24, 2.45) is 0 Å². The van der Waals surface area contributed by atoms with Crippen LogP contribution in [0.3, 0.4) is 0 Å². The Balaban J connectivity index is 2.16. The van der Waals surface area contributed by atoms with Crippen molar-refractivity contribution in [3.05, 3.63) is 35.7 Å². The first-order valence-electron chi connectivity index (χ1n) is 6.52. The van der Waals surface area contributed by atoms with Crippen LogP contribution < -0.4 is 10.1 Å². The van der Waals surface area contributed by atoms with E-state index in [1.165, 1.54) is 22.7 Å². The van der Waals surface area contributed by atoms with E-state index in [1.54, 1.807) is 25.2 Å². The van der Waals surface area contributed by atoms with Gasteiger partial charge in [0.25, 0.3) is 0 Å². The Labute approximate surface area is 128 Å². The zero-order valence-electron chi connectivity index (χ0n) is 11.9. The summed E-state index contributed by atoms with van der Waals surface area (Å²) < 4.78 is 10.5. The first kappa shape index (κ1) is 15.3. The summed E-state index contributed by atoms with van der Waals surface area (Å²) in [4.78, 5) is 4.21. The highest BCUT2D eigenvalue weighted by Crippen LogP contribution is 2.31. The Morgan fingerprint density at radius 3 is 2.95 bits per heavy atom. The number of hydrogen-bond acceptors (Lipinski definition) is 6. The van der Waals surface area contributed by atoms with Crippen LogP contribution in [0.25, 0.3) is 0 Å². The fraction of sp³-hybridized carbons (Fsp3) is 0.429. The smallest absolute Gasteiger partial charge is 0.169 e. The largest absolute Gasteiger partial charge is 0.496 e. The maximum atomic E-state index is 5.49. The van der Waals surface area contributed by atoms with Gasteiger partial charge in [-0.1, -0.05) is 36.4 Å². The quantitative estimate of drug-likeness (QED) is 0.795. The predicted molar refractivity (Wildman–Crippen MR) is 84.8 cm³/mol. The molecule has 4 nitrogen and oxygen atoms in total. The number of ether oxygens (including phenoxy) is 1. The van der Waals surface area contributed by atoms with Gasteiger partial charge < -0.3 is 10.1 Å². The molecule has 1 aromatic carbocycles. The molecular formula is C14H19N3OS2. The summed E-state index contributed by atoms with van der Waals surface area (Å²) in [5, 5.41) is 3.52. The van der Waals surface area contributed by atoms with E-state index in [4.69, 9.17) is 4.74 Å². The molecule has 0 aliphatic carbocycles. The van der Waals surface area contributed by atoms with Gasteiger partial charge in [-0.05, 0) is 31.1 Å². The molecular weight excluding hydrogens is 290 g/mol. The highest BCUT2D eigenvalue weighted by molar-refractivity contribution is 8.00. The molecule has 0 fully saturated rings. The van der Waals surface area contributed by atoms with E-state index in [2.05, 4.69) is 40.7 Å². The highest BCUT2D eigenvalue weighted by atomic mass is 32.2. The lowest BCUT2D eigenvalue weighted by atomic mass is 10.0. The number of benzene rings is 1. The lowest BCUT2D eigenvalue weighted by Gasteiger charge is -2.20. The van der Waals surface area contributed by atoms with Crippen molar-refractivity contribution in [3.63, 3.8) is 0 Å². The van der Waals surface area contributed by atoms with Gasteiger partial charge in [0.05, 0.1) is 7.11 Å². The second kappa shape index (κ2) is 7.61. The zero-order valence-corrected chi connectivity index (χ0v) is 13.6. The summed E-state index contributed by atoms with van der Waals surface area (Å²) in [7, 11) is 1.72. The number of hydrogen-bond donors (Lipinski definition) is 1. The van der Waals surface area contributed by atoms with E-state index in [0.717, 1.165) is 22.4 Å². The number of nitrogens with one attached hydrogen (secondary N) is 1. The van der Waals surface area contributed by atoms with Crippen LogP contribution in [-0.2, 0) is 0 Å². The number of rotatable bonds is 7. The van der Waals surface area contributed by atoms with Crippen LogP contribution in [0.5, 0.6) is 5.75 Å². The average Bonchev–Trinajstić information content (AvgIpc) is 2.96. The van der Waals surface area contributed by atoms with Crippen molar-refractivity contribution in [2.45, 2.75) is 24.2 Å². The van der Waals surface area contributed by atoms with E-state index >= 15 is 0 Å². The molecule has 0 amide bonds. The van der Waals surface area contributed by atoms with Gasteiger partial charge in [-0.3, -0.25) is 0 Å². The molecule has 0 spiro atoms. The van der Waals surface area contributed by atoms with Gasteiger partial charge >= 0.3 is 0 Å². The van der Waals surface area contributed by atoms with Crippen LogP contribution in [-0.4, -0.2) is 28.8 Å². The average molecular weight is 309 g/mol. The molecule has 0 saturated heterocycles. The summed E-state index contributed by atoms with van der Waals surface area (Å²) >= 11 is 3.16. The maximum absolute atomic E-state index is 5.49. The zero-order chi connectivity index (χ0) is 14.4. The Hall–Kier alpha value is -1.11. The summed E-state index contributed by atoms with van der Waals surface area (Å²) in [5.74, 6) is 1.84. The molecule has 0 aliphatic rings. The Morgan fingerprint density at radius 2 is 2.30 bits per heavy atom. The Morgan fingerprint density at radius 1 is 1.45 bits per heavy atom. The van der Waals surface area contributed by atoms with E-state index < -0.39 is 0 Å². The second-order valence-corrected chi connectivity index (χ2v) is 6.42. The molecule has 0 radical (unpaired) electrons. The predicted octanol–water partition coefficient (Wildman–Crippen LogP) is 3.30. The van der Waals surface area contributed by atoms with Crippen molar-refractivity contribution < 1.29 is 4.74 Å². The van der Waals surface area contributed by atoms with Crippen molar-refractivity contribution in [2.75, 3.05) is 19.4 Å². The van der Waals surface area contributed by atoms with Gasteiger partial charge in [0.15, 0.2) is 4.34 Å². The van der Waals surface area contributed by atoms with Crippen molar-refractivity contribution in [3.8, 4) is 5.75 Å². The third-order valence-corrected chi connectivity index (χ3v) is 4.82. The highest BCUT2D eigenvalue weighted by Gasteiger charge is 2.16. The molecule has 6 heteroatoms. The number of thioether (sulfide) groups is 1. The molecule has 1 aromatic heterocycles. The molecule has 108 valence electrons. The molecule has 20 heavy (non-hydrogen) atoms. The standard InChI is InChI=1S/C14H19N3OS2/c1-4-15-12(8-19-14-16-9-17-20-14)11-7-10(2)5-6-13(11)18-3/h5-7,9,12,15H,4,8H2,1-3H3. The number of methoxy groups -OCH3 is 1. The third-order valence-electron chi connectivity index (χ3n) is 2.93. The lowest BCUT2D eigenvalue weighted by molar-refractivity contribution is 0.403. The minimum Gasteiger partial charge on any atom is -0.496 e. The van der Waals surface area contributed by atoms with E-state index in [1.807, 2.05) is 6.07 Å². The van der Waals surface area contributed by atoms with E-state index in [9.17, 15) is 0 Å². The van der Waals surface area contributed by atoms with E-state index in [0.29, 0.717) is 0 Å². The molecule has 0 aliphatic heterocycles. The molecule has 0 bridgehead atoms. The van der Waals surface area contributed by atoms with Crippen LogP contribution in [0, 0.1) is 6.92 Å². The molecule has 2 aromatic rings. The number of aryl methyl sites for hydroxylation is 1. The minimum absolute atomic E-state index is 0.240. The van der Waals surface area contributed by atoms with Crippen LogP contribution in [0.15, 0.2) is 28.9 Å². The monoisotopic (exact) mass is 309 g/mol. The third kappa shape index (κ3) is 3.94. The van der Waals surface area contributed by atoms with Gasteiger partial charge in [-0.25, -0.2) is 4.98 Å². The molecule has 1 unspecified atom stereocenters. The maximum Gasteiger partial charge on any atom is 0.169 e. The molecule has 0 saturated carbocycles. The summed E-state index contributed by atoms with van der Waals surface area (Å²) in [6.45, 7) is 5.13. The molecule has 1 heterocycles. The Bertz CT molecular complexity index is 531. The summed E-state index contributed by atoms with van der Waals surface area (Å²) in [6.07, 6.45) is 1.60. The van der Waals surface area contributed by atoms with Crippen LogP contribution in [0.2, 0.25) is 0 Å². The molecule has 1 N–H and O–H groups in total. The van der Waals surface area contributed by atoms with Crippen molar-refractivity contribution in [1.82, 2.24) is 14.7 Å². The molecule has 2 rings (SSSR count). The normalized spacial score (nSPS) is 12.3. The van der Waals surface area contributed by atoms with Crippen LogP contribution in [0.1, 0.15) is 24.1 Å². The van der Waals surface area contributed by atoms with Gasteiger partial charge in [0.1, 0.15) is 12.1 Å². The lowest BCUT2D eigenvalue weighted by Crippen LogP contribution is -2.23. The molecule has 1 atom stereocenters. The minimum atomic E-state index is 0.240. The summed E-state index contributed by atoms with van der Waals surface area (Å²) in [6, 6.07) is 6.53. The number of aromatic nitrogens is 2. The topological polar surface area (TPSA) is 47.0 Å². The van der Waals surface area contributed by atoms with Crippen LogP contribution in [0.4, 0.5) is 0 Å². The van der Waals surface area contributed by atoms with Crippen molar-refractivity contribution >= 4 is 23.3 Å². The second-order valence-electron chi connectivity index (χ2n) is 4.37. The van der Waals surface area contributed by atoms with Crippen LogP contribution >= 0.6 is 23.3 Å². The van der Waals surface area contributed by atoms with Gasteiger partial charge in [-0.2, -0.15) is 4.37 Å².